The largest absolute Gasteiger partial charge is 0.307 e. The molecule has 3 aromatic heterocycles. The smallest absolute Gasteiger partial charge is 0.224 e. The lowest BCUT2D eigenvalue weighted by Crippen LogP contribution is -2.38. The summed E-state index contributed by atoms with van der Waals surface area (Å²) in [5.41, 5.74) is 9.50. The van der Waals surface area contributed by atoms with Gasteiger partial charge in [0.15, 0.2) is 6.20 Å². The van der Waals surface area contributed by atoms with Crippen LogP contribution >= 0.6 is 0 Å². The topological polar surface area (TPSA) is 8.29 Å². The Bertz CT molecular complexity index is 1700. The summed E-state index contributed by atoms with van der Waals surface area (Å²) in [6.45, 7) is 14.1. The van der Waals surface area contributed by atoms with E-state index in [1.807, 2.05) is 0 Å². The van der Waals surface area contributed by atoms with Crippen molar-refractivity contribution in [3.63, 3.8) is 0 Å². The Morgan fingerprint density at radius 3 is 2.32 bits per heavy atom. The fraction of sp³-hybridized carbons (Fsp3) is 0.250. The van der Waals surface area contributed by atoms with E-state index in [0.29, 0.717) is 0 Å². The van der Waals surface area contributed by atoms with E-state index >= 15 is 0 Å². The van der Waals surface area contributed by atoms with Crippen molar-refractivity contribution in [2.45, 2.75) is 40.4 Å². The van der Waals surface area contributed by atoms with Crippen molar-refractivity contribution < 1.29 is 4.57 Å². The summed E-state index contributed by atoms with van der Waals surface area (Å²) in [6, 6.07) is 16.4. The van der Waals surface area contributed by atoms with Crippen LogP contribution in [0.2, 0.25) is 19.6 Å². The molecule has 0 spiro atoms. The lowest BCUT2D eigenvalue weighted by Gasteiger charge is -2.20. The first-order valence-electron chi connectivity index (χ1n) is 11.2. The second kappa shape index (κ2) is 5.86. The van der Waals surface area contributed by atoms with Crippen molar-refractivity contribution in [1.29, 1.82) is 0 Å². The molecule has 0 atom stereocenters. The van der Waals surface area contributed by atoms with E-state index in [9.17, 15) is 0 Å². The van der Waals surface area contributed by atoms with Crippen molar-refractivity contribution in [1.82, 2.24) is 4.40 Å². The zero-order valence-corrected chi connectivity index (χ0v) is 20.5. The molecule has 0 aliphatic carbocycles. The van der Waals surface area contributed by atoms with Gasteiger partial charge in [-0.05, 0) is 61.0 Å². The van der Waals surface area contributed by atoms with E-state index in [4.69, 9.17) is 0 Å². The first kappa shape index (κ1) is 18.8. The molecule has 0 saturated carbocycles. The van der Waals surface area contributed by atoms with Crippen molar-refractivity contribution >= 4 is 62.3 Å². The fourth-order valence-electron chi connectivity index (χ4n) is 5.57. The quantitative estimate of drug-likeness (QED) is 0.128. The van der Waals surface area contributed by atoms with Crippen LogP contribution in [0.15, 0.2) is 48.7 Å². The number of hydrogen-bond acceptors (Lipinski definition) is 0. The summed E-state index contributed by atoms with van der Waals surface area (Å²) in [7, 11) is 0.719. The monoisotopic (exact) mass is 421 g/mol. The molecule has 6 aromatic rings. The average Bonchev–Trinajstić information content (AvgIpc) is 3.04. The predicted octanol–water partition coefficient (Wildman–Crippen LogP) is 6.28. The van der Waals surface area contributed by atoms with Gasteiger partial charge in [0.25, 0.3) is 0 Å². The molecule has 0 amide bonds. The van der Waals surface area contributed by atoms with Gasteiger partial charge in [0, 0.05) is 16.8 Å². The number of rotatable bonds is 1. The molecule has 2 nitrogen and oxygen atoms in total. The molecule has 0 bridgehead atoms. The molecule has 0 saturated heterocycles. The van der Waals surface area contributed by atoms with Crippen LogP contribution in [-0.4, -0.2) is 12.5 Å². The Labute approximate surface area is 184 Å². The molecular weight excluding hydrogens is 392 g/mol. The molecule has 3 heteroatoms. The first-order chi connectivity index (χ1) is 14.7. The maximum Gasteiger partial charge on any atom is 0.224 e. The minimum Gasteiger partial charge on any atom is -0.307 e. The van der Waals surface area contributed by atoms with E-state index in [1.165, 1.54) is 70.9 Å². The molecule has 3 aromatic carbocycles. The molecule has 0 N–H and O–H groups in total. The maximum absolute atomic E-state index is 2.57. The van der Waals surface area contributed by atoms with Gasteiger partial charge in [-0.1, -0.05) is 43.0 Å². The fourth-order valence-corrected chi connectivity index (χ4v) is 6.72. The highest BCUT2D eigenvalue weighted by Gasteiger charge is 2.27. The van der Waals surface area contributed by atoms with E-state index in [2.05, 4.69) is 105 Å². The molecule has 6 rings (SSSR count). The number of fused-ring (bicyclic) bond motifs is 5. The molecular formula is C28H29N2Si+. The minimum atomic E-state index is -1.48. The highest BCUT2D eigenvalue weighted by Crippen LogP contribution is 2.42. The van der Waals surface area contributed by atoms with Gasteiger partial charge in [-0.2, -0.15) is 0 Å². The summed E-state index contributed by atoms with van der Waals surface area (Å²) in [5, 5.41) is 8.43. The van der Waals surface area contributed by atoms with E-state index in [1.54, 1.807) is 0 Å². The maximum atomic E-state index is 2.57. The van der Waals surface area contributed by atoms with Gasteiger partial charge in [-0.15, -0.1) is 0 Å². The van der Waals surface area contributed by atoms with Gasteiger partial charge >= 0.3 is 0 Å². The standard InChI is InChI=1S/C28H29N2Si/c1-16-9-8-10-22-24(16)21-13-17(2)18(3)25-27(21)30(22)23-15-20(31(5,6)7)14-19-11-12-29(4)28(25)26(19)23/h8-15H,1-7H3/q+1. The summed E-state index contributed by atoms with van der Waals surface area (Å²) in [5.74, 6) is 0. The van der Waals surface area contributed by atoms with Gasteiger partial charge in [0.1, 0.15) is 7.05 Å². The Morgan fingerprint density at radius 2 is 1.58 bits per heavy atom. The Hall–Kier alpha value is -2.91. The first-order valence-corrected chi connectivity index (χ1v) is 14.7. The molecule has 0 aliphatic heterocycles. The van der Waals surface area contributed by atoms with Crippen LogP contribution in [0, 0.1) is 20.8 Å². The molecule has 154 valence electrons. The summed E-state index contributed by atoms with van der Waals surface area (Å²) < 4.78 is 4.90. The van der Waals surface area contributed by atoms with Crippen molar-refractivity contribution in [3.8, 4) is 0 Å². The lowest BCUT2D eigenvalue weighted by molar-refractivity contribution is -0.643. The van der Waals surface area contributed by atoms with E-state index in [0.717, 1.165) is 0 Å². The third kappa shape index (κ3) is 2.30. The molecule has 0 radical (unpaired) electrons. The van der Waals surface area contributed by atoms with Crippen LogP contribution in [0.5, 0.6) is 0 Å². The van der Waals surface area contributed by atoms with Crippen LogP contribution in [-0.2, 0) is 7.05 Å². The number of pyridine rings is 2. The van der Waals surface area contributed by atoms with Gasteiger partial charge in [-0.3, -0.25) is 0 Å². The second-order valence-corrected chi connectivity index (χ2v) is 15.5. The Kier molecular flexibility index (Phi) is 3.56. The highest BCUT2D eigenvalue weighted by molar-refractivity contribution is 6.89. The Balaban J connectivity index is 2.10. The van der Waals surface area contributed by atoms with Gasteiger partial charge < -0.3 is 4.40 Å². The zero-order chi connectivity index (χ0) is 21.8. The predicted molar refractivity (Wildman–Crippen MR) is 137 cm³/mol. The molecule has 31 heavy (non-hydrogen) atoms. The van der Waals surface area contributed by atoms with Crippen LogP contribution in [0.1, 0.15) is 16.7 Å². The second-order valence-electron chi connectivity index (χ2n) is 10.4. The van der Waals surface area contributed by atoms with Crippen LogP contribution in [0.4, 0.5) is 0 Å². The highest BCUT2D eigenvalue weighted by atomic mass is 28.3. The van der Waals surface area contributed by atoms with E-state index in [-0.39, 0.29) is 0 Å². The SMILES string of the molecule is Cc1cc2c3c(C)cccc3n3c4cc([Si](C)(C)C)cc5cc[n+](C)c(c(c1C)c23)c54. The zero-order valence-electron chi connectivity index (χ0n) is 19.5. The number of aromatic nitrogens is 2. The number of benzene rings is 3. The molecule has 0 aliphatic rings. The van der Waals surface area contributed by atoms with Crippen molar-refractivity contribution in [2.24, 2.45) is 7.05 Å². The third-order valence-corrected chi connectivity index (χ3v) is 9.38. The number of nitrogens with zero attached hydrogens (tertiary/aromatic N) is 2. The Morgan fingerprint density at radius 1 is 0.806 bits per heavy atom. The van der Waals surface area contributed by atoms with E-state index < -0.39 is 8.07 Å². The summed E-state index contributed by atoms with van der Waals surface area (Å²) in [6.07, 6.45) is 2.24. The molecule has 0 fully saturated rings. The normalized spacial score (nSPS) is 13.0. The number of aryl methyl sites for hydroxylation is 4. The summed E-state index contributed by atoms with van der Waals surface area (Å²) >= 11 is 0. The van der Waals surface area contributed by atoms with Crippen molar-refractivity contribution in [3.05, 3.63) is 65.4 Å². The van der Waals surface area contributed by atoms with Crippen molar-refractivity contribution in [2.75, 3.05) is 0 Å². The molecule has 3 heterocycles. The van der Waals surface area contributed by atoms with Gasteiger partial charge in [0.2, 0.25) is 5.52 Å². The summed E-state index contributed by atoms with van der Waals surface area (Å²) in [4.78, 5) is 0. The third-order valence-electron chi connectivity index (χ3n) is 7.36. The minimum absolute atomic E-state index is 1.33. The van der Waals surface area contributed by atoms with Crippen LogP contribution in [0.3, 0.4) is 0 Å². The van der Waals surface area contributed by atoms with Crippen LogP contribution < -0.4 is 9.75 Å². The van der Waals surface area contributed by atoms with Gasteiger partial charge in [-0.25, -0.2) is 4.57 Å². The van der Waals surface area contributed by atoms with Crippen LogP contribution in [0.25, 0.3) is 49.0 Å². The number of hydrogen-bond donors (Lipinski definition) is 0. The van der Waals surface area contributed by atoms with Gasteiger partial charge in [0.05, 0.1) is 35.4 Å². The molecule has 0 unspecified atom stereocenters. The lowest BCUT2D eigenvalue weighted by atomic mass is 9.96. The average molecular weight is 422 g/mol.